The van der Waals surface area contributed by atoms with Gasteiger partial charge in [0, 0.05) is 6.04 Å². The van der Waals surface area contributed by atoms with Crippen molar-refractivity contribution in [1.29, 1.82) is 0 Å². The van der Waals surface area contributed by atoms with E-state index in [0.29, 0.717) is 5.56 Å². The third kappa shape index (κ3) is 3.44. The first kappa shape index (κ1) is 15.3. The Morgan fingerprint density at radius 3 is 2.70 bits per heavy atom. The fourth-order valence-electron chi connectivity index (χ4n) is 2.83. The number of carbonyl (C=O) groups is 2. The van der Waals surface area contributed by atoms with Crippen LogP contribution < -0.4 is 0 Å². The van der Waals surface area contributed by atoms with Crippen molar-refractivity contribution >= 4 is 11.9 Å². The van der Waals surface area contributed by atoms with Crippen LogP contribution in [0.5, 0.6) is 0 Å². The fraction of sp³-hybridized carbons (Fsp3) is 0.333. The number of rotatable bonds is 6. The summed E-state index contributed by atoms with van der Waals surface area (Å²) in [6.07, 6.45) is 3.82. The standard InChI is InChI=1S/C18H19NO4/c1-12(16-6-3-9-23-16)19(15-7-8-15)17(20)11-13-4-2-5-14(10-13)18(21)22/h2-6,9-10,12,15H,7-8,11H2,1H3,(H,21,22)/t12-/m0/s1. The van der Waals surface area contributed by atoms with Crippen molar-refractivity contribution in [3.63, 3.8) is 0 Å². The fourth-order valence-corrected chi connectivity index (χ4v) is 2.83. The molecule has 0 unspecified atom stereocenters. The molecule has 1 heterocycles. The summed E-state index contributed by atoms with van der Waals surface area (Å²) in [5.74, 6) is -0.217. The molecule has 0 aliphatic heterocycles. The Balaban J connectivity index is 1.77. The zero-order valence-corrected chi connectivity index (χ0v) is 12.9. The summed E-state index contributed by atoms with van der Waals surface area (Å²) in [5.41, 5.74) is 0.916. The van der Waals surface area contributed by atoms with E-state index in [2.05, 4.69) is 0 Å². The third-order valence-electron chi connectivity index (χ3n) is 4.13. The van der Waals surface area contributed by atoms with Crippen LogP contribution >= 0.6 is 0 Å². The molecule has 1 aromatic heterocycles. The molecule has 0 spiro atoms. The van der Waals surface area contributed by atoms with Crippen LogP contribution in [-0.2, 0) is 11.2 Å². The summed E-state index contributed by atoms with van der Waals surface area (Å²) in [6, 6.07) is 10.4. The Kier molecular flexibility index (Phi) is 4.19. The number of aromatic carboxylic acids is 1. The number of carboxylic acid groups (broad SMARTS) is 1. The maximum atomic E-state index is 12.7. The number of carbonyl (C=O) groups excluding carboxylic acids is 1. The highest BCUT2D eigenvalue weighted by molar-refractivity contribution is 5.88. The van der Waals surface area contributed by atoms with Gasteiger partial charge in [-0.05, 0) is 49.6 Å². The van der Waals surface area contributed by atoms with Crippen LogP contribution in [0, 0.1) is 0 Å². The zero-order valence-electron chi connectivity index (χ0n) is 12.9. The molecule has 5 nitrogen and oxygen atoms in total. The monoisotopic (exact) mass is 313 g/mol. The number of carboxylic acids is 1. The first-order valence-electron chi connectivity index (χ1n) is 7.73. The summed E-state index contributed by atoms with van der Waals surface area (Å²) in [6.45, 7) is 1.96. The van der Waals surface area contributed by atoms with Gasteiger partial charge < -0.3 is 14.4 Å². The van der Waals surface area contributed by atoms with Crippen molar-refractivity contribution in [2.24, 2.45) is 0 Å². The number of benzene rings is 1. The second kappa shape index (κ2) is 6.28. The molecule has 1 amide bonds. The lowest BCUT2D eigenvalue weighted by Crippen LogP contribution is -2.36. The van der Waals surface area contributed by atoms with Crippen molar-refractivity contribution in [1.82, 2.24) is 4.90 Å². The molecule has 0 bridgehead atoms. The second-order valence-electron chi connectivity index (χ2n) is 5.91. The van der Waals surface area contributed by atoms with Crippen LogP contribution in [0.15, 0.2) is 47.1 Å². The molecule has 5 heteroatoms. The minimum Gasteiger partial charge on any atom is -0.478 e. The number of amides is 1. The van der Waals surface area contributed by atoms with Gasteiger partial charge in [-0.3, -0.25) is 4.79 Å². The molecule has 1 aliphatic carbocycles. The van der Waals surface area contributed by atoms with Gasteiger partial charge in [0.1, 0.15) is 5.76 Å². The van der Waals surface area contributed by atoms with Crippen molar-refractivity contribution in [2.75, 3.05) is 0 Å². The van der Waals surface area contributed by atoms with Crippen molar-refractivity contribution in [3.8, 4) is 0 Å². The molecular formula is C18H19NO4. The molecule has 1 aliphatic rings. The molecule has 1 N–H and O–H groups in total. The van der Waals surface area contributed by atoms with Gasteiger partial charge in [0.05, 0.1) is 24.3 Å². The summed E-state index contributed by atoms with van der Waals surface area (Å²) >= 11 is 0. The largest absolute Gasteiger partial charge is 0.478 e. The third-order valence-corrected chi connectivity index (χ3v) is 4.13. The van der Waals surface area contributed by atoms with Gasteiger partial charge in [0.2, 0.25) is 5.91 Å². The molecule has 1 aromatic carbocycles. The van der Waals surface area contributed by atoms with Gasteiger partial charge in [-0.1, -0.05) is 12.1 Å². The average Bonchev–Trinajstić information content (AvgIpc) is 3.19. The van der Waals surface area contributed by atoms with Crippen LogP contribution in [0.3, 0.4) is 0 Å². The van der Waals surface area contributed by atoms with Crippen LogP contribution in [0.25, 0.3) is 0 Å². The maximum Gasteiger partial charge on any atom is 0.335 e. The van der Waals surface area contributed by atoms with E-state index < -0.39 is 5.97 Å². The quantitative estimate of drug-likeness (QED) is 0.888. The maximum absolute atomic E-state index is 12.7. The first-order chi connectivity index (χ1) is 11.1. The van der Waals surface area contributed by atoms with Gasteiger partial charge in [-0.15, -0.1) is 0 Å². The van der Waals surface area contributed by atoms with Gasteiger partial charge in [-0.25, -0.2) is 4.79 Å². The number of furan rings is 1. The minimum atomic E-state index is -0.984. The Hall–Kier alpha value is -2.56. The highest BCUT2D eigenvalue weighted by Crippen LogP contribution is 2.35. The Bertz CT molecular complexity index is 704. The molecule has 0 saturated heterocycles. The molecule has 23 heavy (non-hydrogen) atoms. The highest BCUT2D eigenvalue weighted by Gasteiger charge is 2.36. The lowest BCUT2D eigenvalue weighted by Gasteiger charge is -2.28. The summed E-state index contributed by atoms with van der Waals surface area (Å²) in [7, 11) is 0. The lowest BCUT2D eigenvalue weighted by molar-refractivity contribution is -0.133. The lowest BCUT2D eigenvalue weighted by atomic mass is 10.1. The summed E-state index contributed by atoms with van der Waals surface area (Å²) in [4.78, 5) is 25.7. The molecule has 0 radical (unpaired) electrons. The van der Waals surface area contributed by atoms with E-state index in [1.54, 1.807) is 24.5 Å². The van der Waals surface area contributed by atoms with E-state index in [9.17, 15) is 9.59 Å². The van der Waals surface area contributed by atoms with Crippen molar-refractivity contribution in [3.05, 3.63) is 59.5 Å². The van der Waals surface area contributed by atoms with Gasteiger partial charge in [0.25, 0.3) is 0 Å². The second-order valence-corrected chi connectivity index (χ2v) is 5.91. The minimum absolute atomic E-state index is 0.000983. The van der Waals surface area contributed by atoms with Gasteiger partial charge >= 0.3 is 5.97 Å². The van der Waals surface area contributed by atoms with Crippen molar-refractivity contribution < 1.29 is 19.1 Å². The highest BCUT2D eigenvalue weighted by atomic mass is 16.4. The molecule has 120 valence electrons. The number of hydrogen-bond acceptors (Lipinski definition) is 3. The van der Waals surface area contributed by atoms with Crippen molar-refractivity contribution in [2.45, 2.75) is 38.3 Å². The predicted molar refractivity (Wildman–Crippen MR) is 84.1 cm³/mol. The Morgan fingerprint density at radius 1 is 1.30 bits per heavy atom. The molecule has 1 fully saturated rings. The van der Waals surface area contributed by atoms with E-state index in [1.807, 2.05) is 24.0 Å². The summed E-state index contributed by atoms with van der Waals surface area (Å²) in [5, 5.41) is 9.06. The predicted octanol–water partition coefficient (Wildman–Crippen LogP) is 3.27. The van der Waals surface area contributed by atoms with E-state index in [-0.39, 0.29) is 30.0 Å². The van der Waals surface area contributed by atoms with E-state index in [0.717, 1.165) is 18.6 Å². The molecular weight excluding hydrogens is 294 g/mol. The number of nitrogens with zero attached hydrogens (tertiary/aromatic N) is 1. The Morgan fingerprint density at radius 2 is 2.09 bits per heavy atom. The SMILES string of the molecule is C[C@@H](c1ccco1)N(C(=O)Cc1cccc(C(=O)O)c1)C1CC1. The Labute approximate surface area is 134 Å². The van der Waals surface area contributed by atoms with Crippen LogP contribution in [0.2, 0.25) is 0 Å². The first-order valence-corrected chi connectivity index (χ1v) is 7.73. The topological polar surface area (TPSA) is 70.8 Å². The molecule has 3 rings (SSSR count). The number of hydrogen-bond donors (Lipinski definition) is 1. The van der Waals surface area contributed by atoms with Gasteiger partial charge in [-0.2, -0.15) is 0 Å². The molecule has 1 atom stereocenters. The van der Waals surface area contributed by atoms with Crippen LogP contribution in [-0.4, -0.2) is 27.9 Å². The summed E-state index contributed by atoms with van der Waals surface area (Å²) < 4.78 is 5.43. The normalized spacial score (nSPS) is 15.2. The van der Waals surface area contributed by atoms with E-state index in [1.165, 1.54) is 6.07 Å². The van der Waals surface area contributed by atoms with Crippen LogP contribution in [0.4, 0.5) is 0 Å². The van der Waals surface area contributed by atoms with Gasteiger partial charge in [0.15, 0.2) is 0 Å². The van der Waals surface area contributed by atoms with Crippen LogP contribution in [0.1, 0.15) is 47.5 Å². The van der Waals surface area contributed by atoms with E-state index >= 15 is 0 Å². The van der Waals surface area contributed by atoms with E-state index in [4.69, 9.17) is 9.52 Å². The average molecular weight is 313 g/mol. The smallest absolute Gasteiger partial charge is 0.335 e. The zero-order chi connectivity index (χ0) is 16.4. The molecule has 2 aromatic rings. The molecule has 1 saturated carbocycles.